The van der Waals surface area contributed by atoms with E-state index < -0.39 is 0 Å². The van der Waals surface area contributed by atoms with Crippen molar-refractivity contribution in [3.05, 3.63) is 77.9 Å². The third-order valence-electron chi connectivity index (χ3n) is 5.22. The average Bonchev–Trinajstić information content (AvgIpc) is 3.44. The van der Waals surface area contributed by atoms with E-state index in [9.17, 15) is 9.18 Å². The number of nitrogens with zero attached hydrogens (tertiary/aromatic N) is 2. The van der Waals surface area contributed by atoms with Crippen LogP contribution in [0.5, 0.6) is 0 Å². The molecule has 1 aromatic heterocycles. The molecule has 4 rings (SSSR count). The van der Waals surface area contributed by atoms with E-state index in [1.165, 1.54) is 12.1 Å². The first-order valence-corrected chi connectivity index (χ1v) is 9.59. The molecule has 1 atom stereocenters. The van der Waals surface area contributed by atoms with Gasteiger partial charge >= 0.3 is 0 Å². The summed E-state index contributed by atoms with van der Waals surface area (Å²) in [6.45, 7) is 2.44. The van der Waals surface area contributed by atoms with Gasteiger partial charge in [0.05, 0.1) is 11.6 Å². The SMILES string of the molecule is O=C(NC[C@@H](c1ccc(F)cc1)N1CCCC1)c1ccccc1-c1ncc[nH]1. The van der Waals surface area contributed by atoms with Gasteiger partial charge in [0, 0.05) is 24.5 Å². The Morgan fingerprint density at radius 3 is 2.61 bits per heavy atom. The Bertz CT molecular complexity index is 918. The Balaban J connectivity index is 1.53. The van der Waals surface area contributed by atoms with Crippen LogP contribution in [-0.2, 0) is 0 Å². The Kier molecular flexibility index (Phi) is 5.48. The summed E-state index contributed by atoms with van der Waals surface area (Å²) in [5.41, 5.74) is 2.36. The van der Waals surface area contributed by atoms with E-state index in [0.717, 1.165) is 37.1 Å². The van der Waals surface area contributed by atoms with Crippen LogP contribution in [0, 0.1) is 5.82 Å². The smallest absolute Gasteiger partial charge is 0.252 e. The van der Waals surface area contributed by atoms with Crippen molar-refractivity contribution in [2.45, 2.75) is 18.9 Å². The summed E-state index contributed by atoms with van der Waals surface area (Å²) in [6.07, 6.45) is 5.70. The number of hydrogen-bond acceptors (Lipinski definition) is 3. The van der Waals surface area contributed by atoms with Gasteiger partial charge < -0.3 is 10.3 Å². The van der Waals surface area contributed by atoms with Crippen LogP contribution < -0.4 is 5.32 Å². The zero-order valence-electron chi connectivity index (χ0n) is 15.6. The van der Waals surface area contributed by atoms with E-state index >= 15 is 0 Å². The van der Waals surface area contributed by atoms with Gasteiger partial charge in [0.2, 0.25) is 0 Å². The van der Waals surface area contributed by atoms with E-state index in [1.807, 2.05) is 18.2 Å². The number of H-pyrrole nitrogens is 1. The summed E-state index contributed by atoms with van der Waals surface area (Å²) in [5.74, 6) is 0.277. The summed E-state index contributed by atoms with van der Waals surface area (Å²) < 4.78 is 13.3. The second kappa shape index (κ2) is 8.35. The molecule has 144 valence electrons. The number of rotatable bonds is 6. The Labute approximate surface area is 163 Å². The maximum Gasteiger partial charge on any atom is 0.252 e. The molecular formula is C22H23FN4O. The average molecular weight is 378 g/mol. The van der Waals surface area contributed by atoms with Crippen molar-refractivity contribution < 1.29 is 9.18 Å². The van der Waals surface area contributed by atoms with Crippen molar-refractivity contribution in [2.24, 2.45) is 0 Å². The van der Waals surface area contributed by atoms with Crippen molar-refractivity contribution in [1.82, 2.24) is 20.2 Å². The van der Waals surface area contributed by atoms with Crippen LogP contribution in [0.4, 0.5) is 4.39 Å². The number of carbonyl (C=O) groups is 1. The summed E-state index contributed by atoms with van der Waals surface area (Å²) in [4.78, 5) is 22.6. The van der Waals surface area contributed by atoms with Crippen molar-refractivity contribution in [3.63, 3.8) is 0 Å². The largest absolute Gasteiger partial charge is 0.350 e. The van der Waals surface area contributed by atoms with Crippen molar-refractivity contribution in [3.8, 4) is 11.4 Å². The molecule has 0 bridgehead atoms. The van der Waals surface area contributed by atoms with Crippen molar-refractivity contribution in [1.29, 1.82) is 0 Å². The molecule has 5 nitrogen and oxygen atoms in total. The standard InChI is InChI=1S/C22H23FN4O/c23-17-9-7-16(8-10-17)20(27-13-3-4-14-27)15-26-22(28)19-6-2-1-5-18(19)21-24-11-12-25-21/h1-2,5-12,20H,3-4,13-15H2,(H,24,25)(H,26,28)/t20-/m0/s1. The van der Waals surface area contributed by atoms with Gasteiger partial charge in [-0.25, -0.2) is 9.37 Å². The molecule has 3 aromatic rings. The van der Waals surface area contributed by atoms with Gasteiger partial charge in [-0.3, -0.25) is 9.69 Å². The van der Waals surface area contributed by atoms with E-state index in [0.29, 0.717) is 17.9 Å². The normalized spacial score (nSPS) is 15.5. The lowest BCUT2D eigenvalue weighted by Crippen LogP contribution is -2.37. The maximum atomic E-state index is 13.3. The van der Waals surface area contributed by atoms with E-state index in [4.69, 9.17) is 0 Å². The summed E-state index contributed by atoms with van der Waals surface area (Å²) in [6, 6.07) is 14.0. The molecule has 2 N–H and O–H groups in total. The van der Waals surface area contributed by atoms with Crippen LogP contribution in [-0.4, -0.2) is 40.4 Å². The highest BCUT2D eigenvalue weighted by atomic mass is 19.1. The molecule has 1 amide bonds. The van der Waals surface area contributed by atoms with Gasteiger partial charge in [-0.2, -0.15) is 0 Å². The lowest BCUT2D eigenvalue weighted by molar-refractivity contribution is 0.0938. The number of hydrogen-bond donors (Lipinski definition) is 2. The Morgan fingerprint density at radius 2 is 1.89 bits per heavy atom. The van der Waals surface area contributed by atoms with Gasteiger partial charge in [-0.15, -0.1) is 0 Å². The zero-order chi connectivity index (χ0) is 19.3. The fourth-order valence-corrected chi connectivity index (χ4v) is 3.78. The second-order valence-corrected chi connectivity index (χ2v) is 7.00. The number of carbonyl (C=O) groups excluding carboxylic acids is 1. The van der Waals surface area contributed by atoms with Gasteiger partial charge in [-0.1, -0.05) is 30.3 Å². The highest BCUT2D eigenvalue weighted by molar-refractivity contribution is 6.00. The Morgan fingerprint density at radius 1 is 1.14 bits per heavy atom. The van der Waals surface area contributed by atoms with E-state index in [-0.39, 0.29) is 17.8 Å². The van der Waals surface area contributed by atoms with Crippen LogP contribution in [0.2, 0.25) is 0 Å². The monoisotopic (exact) mass is 378 g/mol. The highest BCUT2D eigenvalue weighted by Crippen LogP contribution is 2.25. The quantitative estimate of drug-likeness (QED) is 0.686. The first-order chi connectivity index (χ1) is 13.7. The predicted molar refractivity (Wildman–Crippen MR) is 106 cm³/mol. The van der Waals surface area contributed by atoms with Crippen molar-refractivity contribution in [2.75, 3.05) is 19.6 Å². The first kappa shape index (κ1) is 18.4. The van der Waals surface area contributed by atoms with Gasteiger partial charge in [0.15, 0.2) is 0 Å². The topological polar surface area (TPSA) is 61.0 Å². The molecule has 1 aliphatic heterocycles. The molecule has 6 heteroatoms. The van der Waals surface area contributed by atoms with Crippen molar-refractivity contribution >= 4 is 5.91 Å². The van der Waals surface area contributed by atoms with Crippen LogP contribution in [0.25, 0.3) is 11.4 Å². The summed E-state index contributed by atoms with van der Waals surface area (Å²) in [5, 5.41) is 3.08. The molecular weight excluding hydrogens is 355 g/mol. The number of benzene rings is 2. The summed E-state index contributed by atoms with van der Waals surface area (Å²) in [7, 11) is 0. The van der Waals surface area contributed by atoms with E-state index in [2.05, 4.69) is 20.2 Å². The molecule has 2 aromatic carbocycles. The van der Waals surface area contributed by atoms with Gasteiger partial charge in [-0.05, 0) is 49.7 Å². The maximum absolute atomic E-state index is 13.3. The number of halogens is 1. The number of imidazole rings is 1. The van der Waals surface area contributed by atoms with Crippen LogP contribution >= 0.6 is 0 Å². The molecule has 28 heavy (non-hydrogen) atoms. The van der Waals surface area contributed by atoms with Gasteiger partial charge in [0.1, 0.15) is 11.6 Å². The number of aromatic amines is 1. The van der Waals surface area contributed by atoms with E-state index in [1.54, 1.807) is 30.6 Å². The van der Waals surface area contributed by atoms with Crippen LogP contribution in [0.1, 0.15) is 34.8 Å². The molecule has 2 heterocycles. The van der Waals surface area contributed by atoms with Gasteiger partial charge in [0.25, 0.3) is 5.91 Å². The minimum absolute atomic E-state index is 0.0304. The molecule has 0 spiro atoms. The predicted octanol–water partition coefficient (Wildman–Crippen LogP) is 3.78. The first-order valence-electron chi connectivity index (χ1n) is 9.59. The molecule has 1 aliphatic rings. The molecule has 1 fully saturated rings. The number of amides is 1. The molecule has 0 saturated carbocycles. The molecule has 0 aliphatic carbocycles. The highest BCUT2D eigenvalue weighted by Gasteiger charge is 2.24. The number of nitrogens with one attached hydrogen (secondary N) is 2. The number of likely N-dealkylation sites (tertiary alicyclic amines) is 1. The van der Waals surface area contributed by atoms with Crippen LogP contribution in [0.3, 0.4) is 0 Å². The lowest BCUT2D eigenvalue weighted by Gasteiger charge is -2.28. The lowest BCUT2D eigenvalue weighted by atomic mass is 10.0. The fourth-order valence-electron chi connectivity index (χ4n) is 3.78. The fraction of sp³-hybridized carbons (Fsp3) is 0.273. The number of aromatic nitrogens is 2. The summed E-state index contributed by atoms with van der Waals surface area (Å²) >= 11 is 0. The molecule has 1 saturated heterocycles. The third kappa shape index (κ3) is 3.97. The molecule has 0 radical (unpaired) electrons. The Hall–Kier alpha value is -2.99. The minimum Gasteiger partial charge on any atom is -0.350 e. The van der Waals surface area contributed by atoms with Crippen LogP contribution in [0.15, 0.2) is 60.9 Å². The minimum atomic E-state index is -0.250. The zero-order valence-corrected chi connectivity index (χ0v) is 15.6. The molecule has 0 unspecified atom stereocenters. The third-order valence-corrected chi connectivity index (χ3v) is 5.22. The second-order valence-electron chi connectivity index (χ2n) is 7.00.